The molecule has 1 amide bonds. The van der Waals surface area contributed by atoms with Crippen LogP contribution in [0.3, 0.4) is 0 Å². The number of hydrogen-bond acceptors (Lipinski definition) is 3. The summed E-state index contributed by atoms with van der Waals surface area (Å²) in [5, 5.41) is 3.39. The van der Waals surface area contributed by atoms with E-state index in [-0.39, 0.29) is 24.1 Å². The predicted molar refractivity (Wildman–Crippen MR) is 96.2 cm³/mol. The lowest BCUT2D eigenvalue weighted by molar-refractivity contribution is -0.131. The van der Waals surface area contributed by atoms with Crippen molar-refractivity contribution in [3.63, 3.8) is 0 Å². The summed E-state index contributed by atoms with van der Waals surface area (Å²) in [5.74, 6) is 1.15. The highest BCUT2D eigenvalue weighted by Gasteiger charge is 2.23. The molecule has 2 atom stereocenters. The number of nitrogens with zero attached hydrogens (tertiary/aromatic N) is 1. The third kappa shape index (κ3) is 7.16. The average Bonchev–Trinajstić information content (AvgIpc) is 2.56. The van der Waals surface area contributed by atoms with Crippen molar-refractivity contribution in [2.45, 2.75) is 39.3 Å². The summed E-state index contributed by atoms with van der Waals surface area (Å²) in [6.07, 6.45) is 2.89. The zero-order valence-electron chi connectivity index (χ0n) is 14.7. The van der Waals surface area contributed by atoms with E-state index in [1.54, 1.807) is 24.1 Å². The second-order valence-electron chi connectivity index (χ2n) is 6.56. The molecule has 0 radical (unpaired) electrons. The number of hydrogen-bond donors (Lipinski definition) is 1. The van der Waals surface area contributed by atoms with Crippen molar-refractivity contribution in [2.75, 3.05) is 20.1 Å². The van der Waals surface area contributed by atoms with E-state index in [2.05, 4.69) is 17.0 Å². The fourth-order valence-corrected chi connectivity index (χ4v) is 3.10. The fraction of sp³-hybridized carbons (Fsp3) is 0.611. The SMILES string of the molecule is CC(CC(=O)N(C)Cc1ccc(OC(F)F)cc1)C1CCCNC1.Cl. The Bertz CT molecular complexity index is 522. The first-order chi connectivity index (χ1) is 11.5. The second kappa shape index (κ2) is 10.6. The molecule has 0 aromatic heterocycles. The van der Waals surface area contributed by atoms with Crippen LogP contribution < -0.4 is 10.1 Å². The summed E-state index contributed by atoms with van der Waals surface area (Å²) in [6, 6.07) is 6.40. The van der Waals surface area contributed by atoms with Gasteiger partial charge in [0.2, 0.25) is 5.91 Å². The Morgan fingerprint density at radius 3 is 2.60 bits per heavy atom. The van der Waals surface area contributed by atoms with Crippen LogP contribution in [-0.4, -0.2) is 37.6 Å². The van der Waals surface area contributed by atoms with Gasteiger partial charge in [-0.25, -0.2) is 0 Å². The number of nitrogens with one attached hydrogen (secondary N) is 1. The Morgan fingerprint density at radius 2 is 2.04 bits per heavy atom. The van der Waals surface area contributed by atoms with Gasteiger partial charge in [-0.2, -0.15) is 8.78 Å². The molecule has 4 nitrogen and oxygen atoms in total. The Morgan fingerprint density at radius 1 is 1.36 bits per heavy atom. The number of amides is 1. The molecule has 0 bridgehead atoms. The number of rotatable bonds is 7. The molecule has 2 unspecified atom stereocenters. The molecule has 0 spiro atoms. The molecular formula is C18H27ClF2N2O2. The lowest BCUT2D eigenvalue weighted by Crippen LogP contribution is -2.36. The smallest absolute Gasteiger partial charge is 0.387 e. The molecule has 1 aromatic carbocycles. The molecule has 1 N–H and O–H groups in total. The van der Waals surface area contributed by atoms with E-state index in [9.17, 15) is 13.6 Å². The molecule has 1 fully saturated rings. The summed E-state index contributed by atoms with van der Waals surface area (Å²) in [5.41, 5.74) is 0.888. The first-order valence-corrected chi connectivity index (χ1v) is 8.44. The molecule has 25 heavy (non-hydrogen) atoms. The second-order valence-corrected chi connectivity index (χ2v) is 6.56. The summed E-state index contributed by atoms with van der Waals surface area (Å²) in [6.45, 7) is 1.84. The molecule has 1 heterocycles. The van der Waals surface area contributed by atoms with Gasteiger partial charge in [-0.1, -0.05) is 19.1 Å². The molecule has 1 saturated heterocycles. The highest BCUT2D eigenvalue weighted by atomic mass is 35.5. The minimum absolute atomic E-state index is 0. The normalized spacial score (nSPS) is 18.4. The van der Waals surface area contributed by atoms with Crippen LogP contribution in [0.15, 0.2) is 24.3 Å². The Labute approximate surface area is 154 Å². The summed E-state index contributed by atoms with van der Waals surface area (Å²) < 4.78 is 28.6. The molecule has 1 aromatic rings. The standard InChI is InChI=1S/C18H26F2N2O2.ClH/c1-13(15-4-3-9-21-11-15)10-17(23)22(2)12-14-5-7-16(8-6-14)24-18(19)20;/h5-8,13,15,18,21H,3-4,9-12H2,1-2H3;1H. The number of carbonyl (C=O) groups excluding carboxylic acids is 1. The van der Waals surface area contributed by atoms with Crippen LogP contribution in [0.25, 0.3) is 0 Å². The van der Waals surface area contributed by atoms with E-state index in [0.29, 0.717) is 24.8 Å². The molecule has 2 rings (SSSR count). The highest BCUT2D eigenvalue weighted by Crippen LogP contribution is 2.23. The average molecular weight is 377 g/mol. The maximum absolute atomic E-state index is 12.4. The van der Waals surface area contributed by atoms with E-state index in [1.807, 2.05) is 0 Å². The lowest BCUT2D eigenvalue weighted by atomic mass is 9.85. The van der Waals surface area contributed by atoms with E-state index >= 15 is 0 Å². The van der Waals surface area contributed by atoms with Crippen LogP contribution in [0, 0.1) is 11.8 Å². The van der Waals surface area contributed by atoms with Crippen molar-refractivity contribution in [3.8, 4) is 5.75 Å². The minimum atomic E-state index is -2.82. The first kappa shape index (κ1) is 21.6. The van der Waals surface area contributed by atoms with Gasteiger partial charge in [-0.15, -0.1) is 12.4 Å². The number of halogens is 3. The number of benzene rings is 1. The lowest BCUT2D eigenvalue weighted by Gasteiger charge is -2.29. The van der Waals surface area contributed by atoms with Gasteiger partial charge >= 0.3 is 6.61 Å². The van der Waals surface area contributed by atoms with Crippen molar-refractivity contribution in [1.29, 1.82) is 0 Å². The van der Waals surface area contributed by atoms with Crippen LogP contribution in [0.2, 0.25) is 0 Å². The van der Waals surface area contributed by atoms with Crippen LogP contribution in [0.4, 0.5) is 8.78 Å². The number of ether oxygens (including phenoxy) is 1. The largest absolute Gasteiger partial charge is 0.435 e. The van der Waals surface area contributed by atoms with Gasteiger partial charge in [0.25, 0.3) is 0 Å². The molecule has 142 valence electrons. The maximum atomic E-state index is 12.4. The van der Waals surface area contributed by atoms with Crippen molar-refractivity contribution in [2.24, 2.45) is 11.8 Å². The van der Waals surface area contributed by atoms with Gasteiger partial charge in [0.05, 0.1) is 0 Å². The summed E-state index contributed by atoms with van der Waals surface area (Å²) >= 11 is 0. The summed E-state index contributed by atoms with van der Waals surface area (Å²) in [7, 11) is 1.78. The summed E-state index contributed by atoms with van der Waals surface area (Å²) in [4.78, 5) is 14.1. The topological polar surface area (TPSA) is 41.6 Å². The molecule has 0 saturated carbocycles. The zero-order chi connectivity index (χ0) is 17.5. The quantitative estimate of drug-likeness (QED) is 0.789. The van der Waals surface area contributed by atoms with E-state index in [1.165, 1.54) is 25.0 Å². The van der Waals surface area contributed by atoms with Gasteiger partial charge in [-0.3, -0.25) is 4.79 Å². The van der Waals surface area contributed by atoms with Gasteiger partial charge in [-0.05, 0) is 55.5 Å². The van der Waals surface area contributed by atoms with Gasteiger partial charge in [0, 0.05) is 20.0 Å². The van der Waals surface area contributed by atoms with Crippen LogP contribution in [0.1, 0.15) is 31.7 Å². The van der Waals surface area contributed by atoms with Crippen LogP contribution >= 0.6 is 12.4 Å². The van der Waals surface area contributed by atoms with Crippen molar-refractivity contribution in [3.05, 3.63) is 29.8 Å². The van der Waals surface area contributed by atoms with Crippen LogP contribution in [0.5, 0.6) is 5.75 Å². The van der Waals surface area contributed by atoms with Crippen LogP contribution in [-0.2, 0) is 11.3 Å². The van der Waals surface area contributed by atoms with E-state index < -0.39 is 6.61 Å². The number of piperidine rings is 1. The highest BCUT2D eigenvalue weighted by molar-refractivity contribution is 5.85. The minimum Gasteiger partial charge on any atom is -0.435 e. The Kier molecular flexibility index (Phi) is 9.14. The Balaban J connectivity index is 0.00000312. The van der Waals surface area contributed by atoms with Crippen molar-refractivity contribution >= 4 is 18.3 Å². The predicted octanol–water partition coefficient (Wildman–Crippen LogP) is 3.69. The maximum Gasteiger partial charge on any atom is 0.387 e. The first-order valence-electron chi connectivity index (χ1n) is 8.44. The van der Waals surface area contributed by atoms with Gasteiger partial charge < -0.3 is 15.0 Å². The number of alkyl halides is 2. The fourth-order valence-electron chi connectivity index (χ4n) is 3.10. The third-order valence-electron chi connectivity index (χ3n) is 4.63. The number of carbonyl (C=O) groups is 1. The van der Waals surface area contributed by atoms with Crippen molar-refractivity contribution < 1.29 is 18.3 Å². The van der Waals surface area contributed by atoms with Gasteiger partial charge in [0.15, 0.2) is 0 Å². The Hall–Kier alpha value is -1.40. The molecule has 1 aliphatic rings. The van der Waals surface area contributed by atoms with E-state index in [0.717, 1.165) is 18.7 Å². The van der Waals surface area contributed by atoms with E-state index in [4.69, 9.17) is 0 Å². The monoisotopic (exact) mass is 376 g/mol. The molecule has 1 aliphatic heterocycles. The molecule has 7 heteroatoms. The molecule has 0 aliphatic carbocycles. The zero-order valence-corrected chi connectivity index (χ0v) is 15.5. The van der Waals surface area contributed by atoms with Crippen molar-refractivity contribution in [1.82, 2.24) is 10.2 Å². The molecular weight excluding hydrogens is 350 g/mol. The van der Waals surface area contributed by atoms with Gasteiger partial charge in [0.1, 0.15) is 5.75 Å². The third-order valence-corrected chi connectivity index (χ3v) is 4.63.